The first kappa shape index (κ1) is 21.3. The van der Waals surface area contributed by atoms with Crippen LogP contribution in [0.3, 0.4) is 0 Å². The summed E-state index contributed by atoms with van der Waals surface area (Å²) in [7, 11) is 0. The monoisotopic (exact) mass is 417 g/mol. The van der Waals surface area contributed by atoms with Crippen molar-refractivity contribution in [2.24, 2.45) is 0 Å². The van der Waals surface area contributed by atoms with Crippen LogP contribution < -0.4 is 5.32 Å². The van der Waals surface area contributed by atoms with E-state index in [0.717, 1.165) is 31.5 Å². The predicted octanol–water partition coefficient (Wildman–Crippen LogP) is 2.14. The molecule has 29 heavy (non-hydrogen) atoms. The van der Waals surface area contributed by atoms with E-state index in [0.29, 0.717) is 43.5 Å². The third-order valence-electron chi connectivity index (χ3n) is 5.63. The highest BCUT2D eigenvalue weighted by Crippen LogP contribution is 2.17. The van der Waals surface area contributed by atoms with E-state index in [1.165, 1.54) is 0 Å². The first-order valence-electron chi connectivity index (χ1n) is 10.0. The zero-order valence-electron chi connectivity index (χ0n) is 16.7. The summed E-state index contributed by atoms with van der Waals surface area (Å²) in [6.45, 7) is 6.12. The van der Waals surface area contributed by atoms with Crippen LogP contribution in [0.2, 0.25) is 0 Å². The van der Waals surface area contributed by atoms with Crippen LogP contribution in [-0.4, -0.2) is 70.7 Å². The van der Waals surface area contributed by atoms with E-state index in [4.69, 9.17) is 0 Å². The lowest BCUT2D eigenvalue weighted by Gasteiger charge is -2.34. The van der Waals surface area contributed by atoms with Gasteiger partial charge in [0.1, 0.15) is 5.69 Å². The Kier molecular flexibility index (Phi) is 6.92. The van der Waals surface area contributed by atoms with Gasteiger partial charge < -0.3 is 15.1 Å². The van der Waals surface area contributed by atoms with E-state index >= 15 is 0 Å². The Hall–Kier alpha value is -2.38. The highest BCUT2D eigenvalue weighted by molar-refractivity contribution is 5.95. The molecule has 1 aromatic heterocycles. The summed E-state index contributed by atoms with van der Waals surface area (Å²) < 4.78 is 1.91. The van der Waals surface area contributed by atoms with Gasteiger partial charge in [0.15, 0.2) is 0 Å². The second-order valence-electron chi connectivity index (χ2n) is 7.63. The number of halogens is 1. The molecule has 0 radical (unpaired) electrons. The van der Waals surface area contributed by atoms with Gasteiger partial charge >= 0.3 is 0 Å². The minimum atomic E-state index is -0.0510. The third-order valence-corrected chi connectivity index (χ3v) is 5.63. The second-order valence-corrected chi connectivity index (χ2v) is 7.63. The zero-order valence-corrected chi connectivity index (χ0v) is 17.5. The highest BCUT2D eigenvalue weighted by Gasteiger charge is 2.27. The van der Waals surface area contributed by atoms with E-state index in [-0.39, 0.29) is 24.2 Å². The van der Waals surface area contributed by atoms with Gasteiger partial charge in [0.2, 0.25) is 0 Å². The number of piperidine rings is 1. The molecular formula is C21H28ClN5O2. The SMILES string of the molecule is Cc1ccc(C(=O)N2CCN(C(=O)c3ccn(C4CCCNC4)n3)CC2)cc1.Cl. The molecule has 2 saturated heterocycles. The molecule has 3 heterocycles. The van der Waals surface area contributed by atoms with Gasteiger partial charge in [-0.2, -0.15) is 5.10 Å². The Bertz CT molecular complexity index is 837. The van der Waals surface area contributed by atoms with Crippen molar-refractivity contribution >= 4 is 24.2 Å². The van der Waals surface area contributed by atoms with Crippen molar-refractivity contribution in [2.75, 3.05) is 39.3 Å². The quantitative estimate of drug-likeness (QED) is 0.830. The van der Waals surface area contributed by atoms with E-state index in [2.05, 4.69) is 10.4 Å². The van der Waals surface area contributed by atoms with Crippen molar-refractivity contribution in [2.45, 2.75) is 25.8 Å². The molecule has 2 aliphatic heterocycles. The lowest BCUT2D eigenvalue weighted by Crippen LogP contribution is -2.50. The predicted molar refractivity (Wildman–Crippen MR) is 114 cm³/mol. The fourth-order valence-electron chi connectivity index (χ4n) is 3.87. The number of benzene rings is 1. The summed E-state index contributed by atoms with van der Waals surface area (Å²) >= 11 is 0. The molecule has 0 saturated carbocycles. The fourth-order valence-corrected chi connectivity index (χ4v) is 3.87. The number of nitrogens with one attached hydrogen (secondary N) is 1. The number of carbonyl (C=O) groups excluding carboxylic acids is 2. The van der Waals surface area contributed by atoms with Gasteiger partial charge in [0.25, 0.3) is 11.8 Å². The molecule has 1 atom stereocenters. The number of aryl methyl sites for hydroxylation is 1. The molecule has 8 heteroatoms. The molecule has 1 aromatic carbocycles. The first-order chi connectivity index (χ1) is 13.6. The zero-order chi connectivity index (χ0) is 19.5. The Labute approximate surface area is 177 Å². The lowest BCUT2D eigenvalue weighted by molar-refractivity contribution is 0.0531. The number of carbonyl (C=O) groups is 2. The van der Waals surface area contributed by atoms with Crippen molar-refractivity contribution in [3.8, 4) is 0 Å². The largest absolute Gasteiger partial charge is 0.335 e. The second kappa shape index (κ2) is 9.41. The Morgan fingerprint density at radius 3 is 2.28 bits per heavy atom. The number of hydrogen-bond donors (Lipinski definition) is 1. The van der Waals surface area contributed by atoms with Crippen LogP contribution in [0.5, 0.6) is 0 Å². The number of hydrogen-bond acceptors (Lipinski definition) is 4. The van der Waals surface area contributed by atoms with Crippen LogP contribution in [-0.2, 0) is 0 Å². The highest BCUT2D eigenvalue weighted by atomic mass is 35.5. The van der Waals surface area contributed by atoms with Crippen LogP contribution in [0, 0.1) is 6.92 Å². The topological polar surface area (TPSA) is 70.5 Å². The summed E-state index contributed by atoms with van der Waals surface area (Å²) in [5.41, 5.74) is 2.32. The van der Waals surface area contributed by atoms with Crippen molar-refractivity contribution in [1.29, 1.82) is 0 Å². The molecule has 2 amide bonds. The van der Waals surface area contributed by atoms with Crippen molar-refractivity contribution < 1.29 is 9.59 Å². The van der Waals surface area contributed by atoms with Gasteiger partial charge in [0, 0.05) is 44.5 Å². The summed E-state index contributed by atoms with van der Waals surface area (Å²) in [5.74, 6) is -0.0221. The number of aromatic nitrogens is 2. The minimum Gasteiger partial charge on any atom is -0.335 e. The minimum absolute atomic E-state index is 0. The summed E-state index contributed by atoms with van der Waals surface area (Å²) in [6, 6.07) is 9.75. The van der Waals surface area contributed by atoms with Gasteiger partial charge in [-0.3, -0.25) is 14.3 Å². The summed E-state index contributed by atoms with van der Waals surface area (Å²) in [5, 5.41) is 7.90. The Morgan fingerprint density at radius 1 is 1.00 bits per heavy atom. The maximum absolute atomic E-state index is 12.8. The summed E-state index contributed by atoms with van der Waals surface area (Å²) in [6.07, 6.45) is 4.12. The lowest BCUT2D eigenvalue weighted by atomic mass is 10.1. The van der Waals surface area contributed by atoms with Gasteiger partial charge in [-0.25, -0.2) is 0 Å². The Balaban J connectivity index is 0.00000240. The molecule has 0 aliphatic carbocycles. The van der Waals surface area contributed by atoms with Crippen LogP contribution in [0.1, 0.15) is 45.3 Å². The average Bonchev–Trinajstić information content (AvgIpc) is 3.24. The molecule has 0 spiro atoms. The van der Waals surface area contributed by atoms with E-state index < -0.39 is 0 Å². The molecule has 1 N–H and O–H groups in total. The van der Waals surface area contributed by atoms with Crippen LogP contribution >= 0.6 is 12.4 Å². The molecule has 156 valence electrons. The third kappa shape index (κ3) is 4.79. The number of nitrogens with zero attached hydrogens (tertiary/aromatic N) is 4. The molecule has 2 fully saturated rings. The molecular weight excluding hydrogens is 390 g/mol. The van der Waals surface area contributed by atoms with Crippen LogP contribution in [0.25, 0.3) is 0 Å². The molecule has 0 bridgehead atoms. The number of rotatable bonds is 3. The van der Waals surface area contributed by atoms with Crippen molar-refractivity contribution in [3.05, 3.63) is 53.3 Å². The molecule has 7 nitrogen and oxygen atoms in total. The van der Waals surface area contributed by atoms with E-state index in [1.807, 2.05) is 47.0 Å². The molecule has 2 aliphatic rings. The van der Waals surface area contributed by atoms with Crippen molar-refractivity contribution in [1.82, 2.24) is 24.9 Å². The molecule has 1 unspecified atom stereocenters. The first-order valence-corrected chi connectivity index (χ1v) is 10.0. The standard InChI is InChI=1S/C21H27N5O2.ClH/c1-16-4-6-17(7-5-16)20(27)24-11-13-25(14-12-24)21(28)19-8-10-26(23-19)18-3-2-9-22-15-18;/h4-8,10,18,22H,2-3,9,11-15H2,1H3;1H. The summed E-state index contributed by atoms with van der Waals surface area (Å²) in [4.78, 5) is 29.1. The van der Waals surface area contributed by atoms with Crippen LogP contribution in [0.4, 0.5) is 0 Å². The molecule has 2 aromatic rings. The average molecular weight is 418 g/mol. The Morgan fingerprint density at radius 2 is 1.66 bits per heavy atom. The maximum atomic E-state index is 12.8. The van der Waals surface area contributed by atoms with Crippen LogP contribution in [0.15, 0.2) is 36.5 Å². The van der Waals surface area contributed by atoms with Gasteiger partial charge in [-0.1, -0.05) is 17.7 Å². The number of piperazine rings is 1. The number of amides is 2. The van der Waals surface area contributed by atoms with E-state index in [1.54, 1.807) is 11.0 Å². The van der Waals surface area contributed by atoms with Gasteiger partial charge in [-0.05, 0) is 44.5 Å². The van der Waals surface area contributed by atoms with Gasteiger partial charge in [0.05, 0.1) is 6.04 Å². The maximum Gasteiger partial charge on any atom is 0.274 e. The smallest absolute Gasteiger partial charge is 0.274 e. The van der Waals surface area contributed by atoms with Crippen molar-refractivity contribution in [3.63, 3.8) is 0 Å². The fraction of sp³-hybridized carbons (Fsp3) is 0.476. The molecule has 4 rings (SSSR count). The van der Waals surface area contributed by atoms with Gasteiger partial charge in [-0.15, -0.1) is 12.4 Å². The van der Waals surface area contributed by atoms with E-state index in [9.17, 15) is 9.59 Å². The normalized spacial score (nSPS) is 19.6.